The molecule has 2 aliphatic rings. The molecule has 0 saturated carbocycles. The van der Waals surface area contributed by atoms with E-state index in [1.807, 2.05) is 30.0 Å². The van der Waals surface area contributed by atoms with Crippen molar-refractivity contribution in [2.75, 3.05) is 59.4 Å². The molecule has 2 saturated heterocycles. The van der Waals surface area contributed by atoms with Crippen molar-refractivity contribution in [1.29, 1.82) is 0 Å². The molecule has 1 amide bonds. The molecule has 7 rings (SSSR count). The number of fused-ring (bicyclic) bond motifs is 1. The molecule has 50 heavy (non-hydrogen) atoms. The summed E-state index contributed by atoms with van der Waals surface area (Å²) in [6.07, 6.45) is 3.96. The lowest BCUT2D eigenvalue weighted by atomic mass is 9.76. The van der Waals surface area contributed by atoms with Gasteiger partial charge in [-0.2, -0.15) is 0 Å². The summed E-state index contributed by atoms with van der Waals surface area (Å²) in [5, 5.41) is 3.79. The number of aromatic nitrogens is 2. The molecule has 0 bridgehead atoms. The minimum atomic E-state index is -0.123. The summed E-state index contributed by atoms with van der Waals surface area (Å²) in [7, 11) is 4.71. The van der Waals surface area contributed by atoms with Crippen LogP contribution in [0.3, 0.4) is 0 Å². The van der Waals surface area contributed by atoms with E-state index < -0.39 is 0 Å². The Morgan fingerprint density at radius 3 is 2.32 bits per heavy atom. The van der Waals surface area contributed by atoms with Gasteiger partial charge < -0.3 is 38.3 Å². The monoisotopic (exact) mass is 677 g/mol. The molecule has 262 valence electrons. The normalized spacial score (nSPS) is 18.4. The van der Waals surface area contributed by atoms with Gasteiger partial charge in [-0.25, -0.2) is 4.98 Å². The number of furan rings is 1. The summed E-state index contributed by atoms with van der Waals surface area (Å²) in [5.41, 5.74) is 3.79. The lowest BCUT2D eigenvalue weighted by Crippen LogP contribution is -2.42. The minimum absolute atomic E-state index is 0.0258. The molecule has 0 aliphatic carbocycles. The second kappa shape index (κ2) is 14.5. The van der Waals surface area contributed by atoms with Crippen LogP contribution in [0.15, 0.2) is 83.3 Å². The van der Waals surface area contributed by atoms with E-state index in [2.05, 4.69) is 63.3 Å². The second-order valence-corrected chi connectivity index (χ2v) is 13.6. The summed E-state index contributed by atoms with van der Waals surface area (Å²) in [6, 6.07) is 26.9. The van der Waals surface area contributed by atoms with Crippen LogP contribution in [0.5, 0.6) is 17.2 Å². The minimum Gasteiger partial charge on any atom is -0.493 e. The van der Waals surface area contributed by atoms with Crippen LogP contribution in [0.25, 0.3) is 11.0 Å². The zero-order valence-corrected chi connectivity index (χ0v) is 29.5. The Labute approximate surface area is 293 Å². The highest BCUT2D eigenvalue weighted by molar-refractivity contribution is 5.96. The fraction of sp³-hybridized carbons (Fsp3) is 0.400. The Bertz CT molecular complexity index is 1900. The topological polar surface area (TPSA) is 94.2 Å². The van der Waals surface area contributed by atoms with E-state index in [0.29, 0.717) is 48.5 Å². The zero-order chi connectivity index (χ0) is 34.7. The van der Waals surface area contributed by atoms with Gasteiger partial charge in [0.15, 0.2) is 11.5 Å². The molecule has 2 aromatic heterocycles. The number of nitrogens with one attached hydrogen (secondary N) is 1. The number of amides is 1. The summed E-state index contributed by atoms with van der Waals surface area (Å²) in [4.78, 5) is 23.5. The van der Waals surface area contributed by atoms with Crippen LogP contribution in [0.1, 0.15) is 53.1 Å². The van der Waals surface area contributed by atoms with Gasteiger partial charge in [-0.3, -0.25) is 4.79 Å². The highest BCUT2D eigenvalue weighted by Gasteiger charge is 2.42. The van der Waals surface area contributed by atoms with Gasteiger partial charge >= 0.3 is 0 Å². The number of imidazole rings is 1. The van der Waals surface area contributed by atoms with Crippen LogP contribution in [-0.4, -0.2) is 85.4 Å². The third-order valence-electron chi connectivity index (χ3n) is 10.5. The van der Waals surface area contributed by atoms with Crippen molar-refractivity contribution in [3.05, 3.63) is 102 Å². The number of piperidine rings is 1. The van der Waals surface area contributed by atoms with E-state index in [9.17, 15) is 4.79 Å². The number of rotatable bonds is 12. The number of carbonyl (C=O) groups is 1. The predicted octanol–water partition coefficient (Wildman–Crippen LogP) is 6.76. The van der Waals surface area contributed by atoms with Crippen molar-refractivity contribution < 1.29 is 23.4 Å². The number of carbonyl (C=O) groups excluding carboxylic acids is 1. The first-order valence-electron chi connectivity index (χ1n) is 17.5. The first-order valence-corrected chi connectivity index (χ1v) is 17.5. The van der Waals surface area contributed by atoms with Crippen molar-refractivity contribution in [2.24, 2.45) is 0 Å². The van der Waals surface area contributed by atoms with Gasteiger partial charge in [0.25, 0.3) is 5.91 Å². The quantitative estimate of drug-likeness (QED) is 0.155. The van der Waals surface area contributed by atoms with E-state index >= 15 is 0 Å². The molecule has 1 unspecified atom stereocenters. The summed E-state index contributed by atoms with van der Waals surface area (Å²) in [6.45, 7) is 6.96. The van der Waals surface area contributed by atoms with Crippen LogP contribution >= 0.6 is 0 Å². The van der Waals surface area contributed by atoms with E-state index in [1.54, 1.807) is 33.5 Å². The number of benzene rings is 3. The summed E-state index contributed by atoms with van der Waals surface area (Å²) < 4.78 is 24.7. The number of ether oxygens (including phenoxy) is 3. The number of hydrogen-bond acceptors (Lipinski definition) is 8. The van der Waals surface area contributed by atoms with Crippen LogP contribution in [-0.2, 0) is 12.0 Å². The highest BCUT2D eigenvalue weighted by atomic mass is 16.5. The predicted molar refractivity (Wildman–Crippen MR) is 195 cm³/mol. The molecular weight excluding hydrogens is 630 g/mol. The van der Waals surface area contributed by atoms with E-state index in [4.69, 9.17) is 23.6 Å². The molecule has 1 atom stereocenters. The summed E-state index contributed by atoms with van der Waals surface area (Å²) >= 11 is 0. The Morgan fingerprint density at radius 1 is 0.920 bits per heavy atom. The largest absolute Gasteiger partial charge is 0.493 e. The Morgan fingerprint density at radius 2 is 1.64 bits per heavy atom. The fourth-order valence-electron chi connectivity index (χ4n) is 7.74. The standard InChI is InChI=1S/C40H47N5O5/c1-28-14-15-32(50-28)26-45-34-13-9-8-12-33(34)42-39(45)41-31-16-20-43(21-17-31)22-18-40(30-10-6-5-7-11-30)19-23-44(27-40)38(46)29-24-35(47-2)37(49-4)36(25-29)48-3/h5-15,24-25,31H,16-23,26-27H2,1-4H3,(H,41,42). The van der Waals surface area contributed by atoms with Crippen molar-refractivity contribution in [1.82, 2.24) is 19.4 Å². The first kappa shape index (κ1) is 33.5. The molecule has 0 radical (unpaired) electrons. The first-order chi connectivity index (χ1) is 24.4. The average Bonchev–Trinajstić information content (AvgIpc) is 3.88. The van der Waals surface area contributed by atoms with Crippen LogP contribution < -0.4 is 19.5 Å². The number of para-hydroxylation sites is 2. The van der Waals surface area contributed by atoms with Crippen molar-refractivity contribution in [2.45, 2.75) is 50.6 Å². The van der Waals surface area contributed by atoms with Gasteiger partial charge in [0, 0.05) is 43.2 Å². The molecule has 2 fully saturated rings. The molecular formula is C40H47N5O5. The Balaban J connectivity index is 1.01. The van der Waals surface area contributed by atoms with Crippen LogP contribution in [0, 0.1) is 6.92 Å². The molecule has 4 heterocycles. The van der Waals surface area contributed by atoms with Crippen molar-refractivity contribution in [3.63, 3.8) is 0 Å². The average molecular weight is 678 g/mol. The highest BCUT2D eigenvalue weighted by Crippen LogP contribution is 2.41. The van der Waals surface area contributed by atoms with Gasteiger partial charge in [-0.05, 0) is 81.1 Å². The van der Waals surface area contributed by atoms with E-state index in [1.165, 1.54) is 5.56 Å². The number of anilines is 1. The summed E-state index contributed by atoms with van der Waals surface area (Å²) in [5.74, 6) is 4.14. The molecule has 1 N–H and O–H groups in total. The third-order valence-corrected chi connectivity index (χ3v) is 10.5. The van der Waals surface area contributed by atoms with Crippen LogP contribution in [0.2, 0.25) is 0 Å². The van der Waals surface area contributed by atoms with Gasteiger partial charge in [0.2, 0.25) is 11.7 Å². The van der Waals surface area contributed by atoms with Gasteiger partial charge in [0.05, 0.1) is 38.9 Å². The smallest absolute Gasteiger partial charge is 0.254 e. The fourth-order valence-corrected chi connectivity index (χ4v) is 7.74. The molecule has 2 aliphatic heterocycles. The van der Waals surface area contributed by atoms with E-state index in [-0.39, 0.29) is 11.3 Å². The number of hydrogen-bond donors (Lipinski definition) is 1. The maximum Gasteiger partial charge on any atom is 0.254 e. The van der Waals surface area contributed by atoms with Gasteiger partial charge in [0.1, 0.15) is 11.5 Å². The second-order valence-electron chi connectivity index (χ2n) is 13.6. The third kappa shape index (κ3) is 6.76. The maximum atomic E-state index is 13.9. The Kier molecular flexibility index (Phi) is 9.72. The Hall–Kier alpha value is -4.96. The molecule has 10 nitrogen and oxygen atoms in total. The van der Waals surface area contributed by atoms with Crippen LogP contribution in [0.4, 0.5) is 5.95 Å². The van der Waals surface area contributed by atoms with Gasteiger partial charge in [-0.15, -0.1) is 0 Å². The number of methoxy groups -OCH3 is 3. The lowest BCUT2D eigenvalue weighted by molar-refractivity contribution is 0.0779. The van der Waals surface area contributed by atoms with Crippen molar-refractivity contribution >= 4 is 22.9 Å². The van der Waals surface area contributed by atoms with E-state index in [0.717, 1.165) is 73.8 Å². The SMILES string of the molecule is COc1cc(C(=O)N2CCC(CCN3CCC(Nc4nc5ccccc5n4Cc4ccc(C)o4)CC3)(c3ccccc3)C2)cc(OC)c1OC. The van der Waals surface area contributed by atoms with Gasteiger partial charge in [-0.1, -0.05) is 42.5 Å². The molecule has 10 heteroatoms. The maximum absolute atomic E-state index is 13.9. The molecule has 5 aromatic rings. The zero-order valence-electron chi connectivity index (χ0n) is 29.5. The van der Waals surface area contributed by atoms with Crippen molar-refractivity contribution in [3.8, 4) is 17.2 Å². The molecule has 0 spiro atoms. The number of aryl methyl sites for hydroxylation is 1. The molecule has 3 aromatic carbocycles. The number of likely N-dealkylation sites (tertiary alicyclic amines) is 2. The number of nitrogens with zero attached hydrogens (tertiary/aromatic N) is 4. The lowest BCUT2D eigenvalue weighted by Gasteiger charge is -2.36.